The molecule has 35 heavy (non-hydrogen) atoms. The van der Waals surface area contributed by atoms with Crippen molar-refractivity contribution in [2.24, 2.45) is 11.1 Å². The van der Waals surface area contributed by atoms with Gasteiger partial charge in [-0.05, 0) is 35.6 Å². The standard InChI is InChI=1S/C26H29N5O4/c1-26(2,3)23(20(32)12-13-21(33)24(28)34)29-25(35)22-18-6-4-5-7-19(18)31(30-22)15-17-10-8-16(14-27)9-11-17/h4-11,21,23,33H,12-13,15H2,1-3H3,(H2,28,34)(H,29,35)/t21-,23-/m1/s1. The lowest BCUT2D eigenvalue weighted by molar-refractivity contribution is -0.128. The second kappa shape index (κ2) is 10.5. The van der Waals surface area contributed by atoms with Crippen LogP contribution < -0.4 is 11.1 Å². The molecule has 2 aromatic carbocycles. The van der Waals surface area contributed by atoms with Crippen molar-refractivity contribution in [2.75, 3.05) is 0 Å². The number of aromatic nitrogens is 2. The predicted octanol–water partition coefficient (Wildman–Crippen LogP) is 2.30. The first-order chi connectivity index (χ1) is 16.5. The van der Waals surface area contributed by atoms with Gasteiger partial charge in [0.05, 0.1) is 29.7 Å². The molecule has 1 aromatic heterocycles. The SMILES string of the molecule is CC(C)(C)[C@H](NC(=O)c1nn(Cc2ccc(C#N)cc2)c2ccccc12)C(=O)CC[C@@H](O)C(N)=O. The highest BCUT2D eigenvalue weighted by atomic mass is 16.3. The largest absolute Gasteiger partial charge is 0.383 e. The molecule has 0 aliphatic heterocycles. The second-order valence-corrected chi connectivity index (χ2v) is 9.53. The van der Waals surface area contributed by atoms with Crippen LogP contribution in [0.15, 0.2) is 48.5 Å². The van der Waals surface area contributed by atoms with Gasteiger partial charge in [0.1, 0.15) is 6.10 Å². The van der Waals surface area contributed by atoms with Crippen LogP contribution >= 0.6 is 0 Å². The van der Waals surface area contributed by atoms with Crippen molar-refractivity contribution in [3.63, 3.8) is 0 Å². The number of aliphatic hydroxyl groups is 1. The molecule has 1 heterocycles. The first-order valence-corrected chi connectivity index (χ1v) is 11.3. The van der Waals surface area contributed by atoms with E-state index in [1.54, 1.807) is 22.9 Å². The molecule has 0 aliphatic rings. The number of para-hydroxylation sites is 1. The van der Waals surface area contributed by atoms with Crippen molar-refractivity contribution in [1.29, 1.82) is 5.26 Å². The van der Waals surface area contributed by atoms with Gasteiger partial charge in [-0.3, -0.25) is 19.1 Å². The molecule has 9 heteroatoms. The van der Waals surface area contributed by atoms with E-state index in [2.05, 4.69) is 16.5 Å². The van der Waals surface area contributed by atoms with E-state index >= 15 is 0 Å². The van der Waals surface area contributed by atoms with Crippen molar-refractivity contribution in [1.82, 2.24) is 15.1 Å². The molecule has 0 radical (unpaired) electrons. The maximum absolute atomic E-state index is 13.3. The van der Waals surface area contributed by atoms with Crippen molar-refractivity contribution in [3.8, 4) is 6.07 Å². The van der Waals surface area contributed by atoms with Crippen LogP contribution in [0.5, 0.6) is 0 Å². The Morgan fingerprint density at radius 2 is 1.80 bits per heavy atom. The van der Waals surface area contributed by atoms with Crippen LogP contribution in [0.4, 0.5) is 0 Å². The van der Waals surface area contributed by atoms with Gasteiger partial charge in [0, 0.05) is 11.8 Å². The van der Waals surface area contributed by atoms with E-state index in [0.29, 0.717) is 17.5 Å². The Kier molecular flexibility index (Phi) is 7.67. The molecule has 0 bridgehead atoms. The number of ketones is 1. The number of aliphatic hydroxyl groups excluding tert-OH is 1. The minimum Gasteiger partial charge on any atom is -0.383 e. The minimum absolute atomic E-state index is 0.111. The number of nitriles is 1. The van der Waals surface area contributed by atoms with Crippen molar-refractivity contribution in [3.05, 3.63) is 65.4 Å². The third kappa shape index (κ3) is 6.11. The Morgan fingerprint density at radius 3 is 2.40 bits per heavy atom. The number of carbonyl (C=O) groups excluding carboxylic acids is 3. The van der Waals surface area contributed by atoms with Crippen molar-refractivity contribution < 1.29 is 19.5 Å². The fourth-order valence-electron chi connectivity index (χ4n) is 3.82. The molecule has 3 aromatic rings. The van der Waals surface area contributed by atoms with Crippen molar-refractivity contribution >= 4 is 28.5 Å². The van der Waals surface area contributed by atoms with Gasteiger partial charge in [-0.15, -0.1) is 0 Å². The summed E-state index contributed by atoms with van der Waals surface area (Å²) in [5.41, 5.74) is 6.87. The summed E-state index contributed by atoms with van der Waals surface area (Å²) in [5, 5.41) is 26.7. The zero-order valence-corrected chi connectivity index (χ0v) is 20.0. The smallest absolute Gasteiger partial charge is 0.273 e. The third-order valence-corrected chi connectivity index (χ3v) is 5.74. The Hall–Kier alpha value is -4.03. The van der Waals surface area contributed by atoms with Gasteiger partial charge < -0.3 is 16.2 Å². The first-order valence-electron chi connectivity index (χ1n) is 11.3. The van der Waals surface area contributed by atoms with Crippen LogP contribution in [0.1, 0.15) is 55.2 Å². The number of hydrogen-bond donors (Lipinski definition) is 3. The Labute approximate surface area is 203 Å². The fraction of sp³-hybridized carbons (Fsp3) is 0.346. The quantitative estimate of drug-likeness (QED) is 0.432. The molecular formula is C26H29N5O4. The number of amides is 2. The zero-order chi connectivity index (χ0) is 25.8. The molecule has 3 rings (SSSR count). The van der Waals surface area contributed by atoms with Gasteiger partial charge in [-0.25, -0.2) is 0 Å². The molecule has 2 atom stereocenters. The van der Waals surface area contributed by atoms with E-state index in [1.807, 2.05) is 51.1 Å². The number of nitrogens with two attached hydrogens (primary N) is 1. The zero-order valence-electron chi connectivity index (χ0n) is 20.0. The van der Waals surface area contributed by atoms with Gasteiger partial charge in [-0.2, -0.15) is 10.4 Å². The first kappa shape index (κ1) is 25.6. The summed E-state index contributed by atoms with van der Waals surface area (Å²) in [7, 11) is 0. The molecule has 0 spiro atoms. The number of nitrogens with zero attached hydrogens (tertiary/aromatic N) is 3. The van der Waals surface area contributed by atoms with Crippen LogP contribution in [-0.4, -0.2) is 44.6 Å². The van der Waals surface area contributed by atoms with Crippen LogP contribution in [0.25, 0.3) is 10.9 Å². The summed E-state index contributed by atoms with van der Waals surface area (Å²) in [5.74, 6) is -1.70. The number of rotatable bonds is 9. The highest BCUT2D eigenvalue weighted by Crippen LogP contribution is 2.24. The Morgan fingerprint density at radius 1 is 1.14 bits per heavy atom. The van der Waals surface area contributed by atoms with E-state index in [4.69, 9.17) is 11.0 Å². The normalized spacial score (nSPS) is 13.1. The van der Waals surface area contributed by atoms with E-state index < -0.39 is 29.4 Å². The van der Waals surface area contributed by atoms with Crippen LogP contribution in [0.2, 0.25) is 0 Å². The third-order valence-electron chi connectivity index (χ3n) is 5.74. The lowest BCUT2D eigenvalue weighted by Gasteiger charge is -2.30. The summed E-state index contributed by atoms with van der Waals surface area (Å²) in [6.07, 6.45) is -1.64. The minimum atomic E-state index is -1.42. The number of hydrogen-bond acceptors (Lipinski definition) is 6. The van der Waals surface area contributed by atoms with Gasteiger partial charge in [-0.1, -0.05) is 51.1 Å². The van der Waals surface area contributed by atoms with E-state index in [-0.39, 0.29) is 24.3 Å². The van der Waals surface area contributed by atoms with Gasteiger partial charge in [0.25, 0.3) is 5.91 Å². The summed E-state index contributed by atoms with van der Waals surface area (Å²) in [6, 6.07) is 15.7. The molecule has 0 saturated heterocycles. The molecule has 0 unspecified atom stereocenters. The number of fused-ring (bicyclic) bond motifs is 1. The lowest BCUT2D eigenvalue weighted by Crippen LogP contribution is -2.49. The summed E-state index contributed by atoms with van der Waals surface area (Å²) >= 11 is 0. The van der Waals surface area contributed by atoms with Crippen LogP contribution in [0, 0.1) is 16.7 Å². The molecule has 182 valence electrons. The van der Waals surface area contributed by atoms with E-state index in [0.717, 1.165) is 11.1 Å². The van der Waals surface area contributed by atoms with Gasteiger partial charge in [0.15, 0.2) is 11.5 Å². The number of carbonyl (C=O) groups is 3. The second-order valence-electron chi connectivity index (χ2n) is 9.53. The van der Waals surface area contributed by atoms with E-state index in [1.165, 1.54) is 0 Å². The Bertz CT molecular complexity index is 1280. The molecule has 4 N–H and O–H groups in total. The van der Waals surface area contributed by atoms with Crippen molar-refractivity contribution in [2.45, 2.75) is 52.3 Å². The number of primary amides is 1. The fourth-order valence-corrected chi connectivity index (χ4v) is 3.82. The molecule has 0 aliphatic carbocycles. The molecule has 9 nitrogen and oxygen atoms in total. The molecule has 0 saturated carbocycles. The Balaban J connectivity index is 1.86. The molecule has 0 fully saturated rings. The number of nitrogens with one attached hydrogen (secondary N) is 1. The maximum Gasteiger partial charge on any atom is 0.273 e. The van der Waals surface area contributed by atoms with Gasteiger partial charge in [0.2, 0.25) is 5.91 Å². The van der Waals surface area contributed by atoms with Crippen LogP contribution in [0.3, 0.4) is 0 Å². The topological polar surface area (TPSA) is 151 Å². The lowest BCUT2D eigenvalue weighted by atomic mass is 9.82. The molecule has 2 amide bonds. The maximum atomic E-state index is 13.3. The highest BCUT2D eigenvalue weighted by Gasteiger charge is 2.34. The number of benzene rings is 2. The summed E-state index contributed by atoms with van der Waals surface area (Å²) in [6.45, 7) is 5.86. The highest BCUT2D eigenvalue weighted by molar-refractivity contribution is 6.06. The number of Topliss-reactive ketones (excluding diaryl/α,β-unsaturated/α-hetero) is 1. The summed E-state index contributed by atoms with van der Waals surface area (Å²) < 4.78 is 1.71. The van der Waals surface area contributed by atoms with E-state index in [9.17, 15) is 19.5 Å². The average molecular weight is 476 g/mol. The summed E-state index contributed by atoms with van der Waals surface area (Å²) in [4.78, 5) is 37.3. The van der Waals surface area contributed by atoms with Crippen LogP contribution in [-0.2, 0) is 16.1 Å². The monoisotopic (exact) mass is 475 g/mol. The molecular weight excluding hydrogens is 446 g/mol. The predicted molar refractivity (Wildman–Crippen MR) is 130 cm³/mol. The van der Waals surface area contributed by atoms with Gasteiger partial charge >= 0.3 is 0 Å². The average Bonchev–Trinajstić information content (AvgIpc) is 3.18.